The van der Waals surface area contributed by atoms with E-state index in [1.807, 2.05) is 0 Å². The SMILES string of the molecule is CCCO[Si](CCC(F)(F)C(F)(F)C(F)(F)C(F)(F)C(F)(F)C(F)(F)C(F)(F)F)(OCC)OCC. The summed E-state index contributed by atoms with van der Waals surface area (Å²) in [5, 5.41) is 0. The fourth-order valence-electron chi connectivity index (χ4n) is 2.51. The van der Waals surface area contributed by atoms with E-state index in [4.69, 9.17) is 13.3 Å². The Balaban J connectivity index is 6.35. The van der Waals surface area contributed by atoms with Gasteiger partial charge in [-0.1, -0.05) is 6.92 Å². The molecular weight excluding hydrogens is 553 g/mol. The zero-order valence-electron chi connectivity index (χ0n) is 18.1. The summed E-state index contributed by atoms with van der Waals surface area (Å²) in [6.45, 7) is 2.98. The molecule has 0 rings (SSSR count). The van der Waals surface area contributed by atoms with Crippen molar-refractivity contribution in [2.75, 3.05) is 19.8 Å². The Morgan fingerprint density at radius 3 is 1.23 bits per heavy atom. The van der Waals surface area contributed by atoms with Crippen LogP contribution in [0, 0.1) is 0 Å². The molecule has 0 saturated carbocycles. The van der Waals surface area contributed by atoms with E-state index >= 15 is 0 Å². The van der Waals surface area contributed by atoms with Gasteiger partial charge in [-0.3, -0.25) is 0 Å². The molecule has 35 heavy (non-hydrogen) atoms. The number of rotatable bonds is 15. The van der Waals surface area contributed by atoms with Crippen LogP contribution in [0.15, 0.2) is 0 Å². The van der Waals surface area contributed by atoms with Crippen molar-refractivity contribution in [1.29, 1.82) is 0 Å². The van der Waals surface area contributed by atoms with Gasteiger partial charge >= 0.3 is 50.5 Å². The summed E-state index contributed by atoms with van der Waals surface area (Å²) >= 11 is 0. The minimum Gasteiger partial charge on any atom is -0.374 e. The van der Waals surface area contributed by atoms with Crippen LogP contribution in [0.1, 0.15) is 33.6 Å². The largest absolute Gasteiger partial charge is 0.501 e. The van der Waals surface area contributed by atoms with Gasteiger partial charge in [-0.2, -0.15) is 65.9 Å². The number of hydrogen-bond donors (Lipinski definition) is 0. The maximum Gasteiger partial charge on any atom is 0.501 e. The van der Waals surface area contributed by atoms with Gasteiger partial charge in [0.1, 0.15) is 0 Å². The molecule has 0 atom stereocenters. The van der Waals surface area contributed by atoms with Crippen molar-refractivity contribution in [3.63, 3.8) is 0 Å². The average Bonchev–Trinajstić information content (AvgIpc) is 2.69. The summed E-state index contributed by atoms with van der Waals surface area (Å²) in [5.41, 5.74) is 0. The van der Waals surface area contributed by atoms with Crippen LogP contribution in [0.5, 0.6) is 0 Å². The summed E-state index contributed by atoms with van der Waals surface area (Å²) in [6.07, 6.45) is -10.00. The van der Waals surface area contributed by atoms with Crippen LogP contribution in [-0.2, 0) is 13.3 Å². The lowest BCUT2D eigenvalue weighted by Crippen LogP contribution is -2.72. The number of alkyl halides is 15. The molecule has 0 aliphatic heterocycles. The minimum atomic E-state index is -8.31. The van der Waals surface area contributed by atoms with E-state index in [0.717, 1.165) is 0 Å². The van der Waals surface area contributed by atoms with Crippen LogP contribution in [0.4, 0.5) is 65.9 Å². The van der Waals surface area contributed by atoms with Gasteiger partial charge < -0.3 is 13.3 Å². The van der Waals surface area contributed by atoms with Crippen molar-refractivity contribution < 1.29 is 79.1 Å². The summed E-state index contributed by atoms with van der Waals surface area (Å²) < 4.78 is 214. The first-order chi connectivity index (χ1) is 15.4. The van der Waals surface area contributed by atoms with Crippen molar-refractivity contribution in [1.82, 2.24) is 0 Å². The zero-order valence-corrected chi connectivity index (χ0v) is 19.1. The van der Waals surface area contributed by atoms with Crippen LogP contribution in [0.25, 0.3) is 0 Å². The van der Waals surface area contributed by atoms with Gasteiger partial charge in [0, 0.05) is 32.3 Å². The van der Waals surface area contributed by atoms with Crippen molar-refractivity contribution in [2.45, 2.75) is 81.4 Å². The van der Waals surface area contributed by atoms with Gasteiger partial charge in [0.15, 0.2) is 0 Å². The standard InChI is InChI=1S/C16H21F15O3Si/c1-4-8-34-35(32-5-2,33-6-3)9-7-10(17,18)11(19,20)12(21,22)13(23,24)14(25,26)15(27,28)16(29,30)31/h4-9H2,1-3H3. The third kappa shape index (κ3) is 5.97. The second-order valence-corrected chi connectivity index (χ2v) is 9.70. The van der Waals surface area contributed by atoms with E-state index in [9.17, 15) is 65.9 Å². The average molecular weight is 574 g/mol. The number of halogens is 15. The third-order valence-electron chi connectivity index (χ3n) is 4.39. The van der Waals surface area contributed by atoms with Gasteiger partial charge in [-0.05, 0) is 20.3 Å². The van der Waals surface area contributed by atoms with Gasteiger partial charge in [0.05, 0.1) is 0 Å². The van der Waals surface area contributed by atoms with E-state index in [0.29, 0.717) is 0 Å². The molecule has 0 amide bonds. The Bertz CT molecular complexity index is 676. The highest BCUT2D eigenvalue weighted by Gasteiger charge is 2.93. The first-order valence-electron chi connectivity index (χ1n) is 9.64. The molecule has 0 N–H and O–H groups in total. The van der Waals surface area contributed by atoms with Gasteiger partial charge in [0.2, 0.25) is 0 Å². The maximum atomic E-state index is 14.1. The molecule has 0 fully saturated rings. The number of hydrogen-bond acceptors (Lipinski definition) is 3. The first-order valence-corrected chi connectivity index (χ1v) is 11.6. The van der Waals surface area contributed by atoms with Gasteiger partial charge in [-0.15, -0.1) is 0 Å². The Kier molecular flexibility index (Phi) is 10.5. The highest BCUT2D eigenvalue weighted by Crippen LogP contribution is 2.62. The summed E-state index contributed by atoms with van der Waals surface area (Å²) in [5.74, 6) is -46.6. The minimum absolute atomic E-state index is 0.175. The summed E-state index contributed by atoms with van der Waals surface area (Å²) in [7, 11) is -4.36. The molecule has 19 heteroatoms. The molecule has 212 valence electrons. The fraction of sp³-hybridized carbons (Fsp3) is 1.00. The predicted octanol–water partition coefficient (Wildman–Crippen LogP) is 7.19. The molecule has 0 saturated heterocycles. The highest BCUT2D eigenvalue weighted by molar-refractivity contribution is 6.60. The van der Waals surface area contributed by atoms with Gasteiger partial charge in [-0.25, -0.2) is 0 Å². The molecule has 0 radical (unpaired) electrons. The molecule has 0 spiro atoms. The van der Waals surface area contributed by atoms with E-state index < -0.39 is 63.0 Å². The summed E-state index contributed by atoms with van der Waals surface area (Å²) in [4.78, 5) is 0. The molecule has 0 heterocycles. The van der Waals surface area contributed by atoms with E-state index in [1.165, 1.54) is 20.8 Å². The van der Waals surface area contributed by atoms with E-state index in [-0.39, 0.29) is 26.2 Å². The lowest BCUT2D eigenvalue weighted by molar-refractivity contribution is -0.452. The lowest BCUT2D eigenvalue weighted by Gasteiger charge is -2.41. The van der Waals surface area contributed by atoms with Crippen LogP contribution >= 0.6 is 0 Å². The predicted molar refractivity (Wildman–Crippen MR) is 90.4 cm³/mol. The first kappa shape index (κ1) is 34.0. The lowest BCUT2D eigenvalue weighted by atomic mass is 9.90. The van der Waals surface area contributed by atoms with Gasteiger partial charge in [0.25, 0.3) is 0 Å². The van der Waals surface area contributed by atoms with Crippen molar-refractivity contribution >= 4 is 8.80 Å². The molecule has 0 bridgehead atoms. The second-order valence-electron chi connectivity index (χ2n) is 6.97. The second kappa shape index (κ2) is 10.8. The molecule has 0 aromatic heterocycles. The quantitative estimate of drug-likeness (QED) is 0.153. The Labute approximate surface area is 190 Å². The van der Waals surface area contributed by atoms with Crippen LogP contribution in [0.3, 0.4) is 0 Å². The fourth-order valence-corrected chi connectivity index (χ4v) is 5.20. The summed E-state index contributed by atoms with van der Waals surface area (Å²) in [6, 6.07) is -1.46. The van der Waals surface area contributed by atoms with Crippen molar-refractivity contribution in [3.8, 4) is 0 Å². The van der Waals surface area contributed by atoms with E-state index in [2.05, 4.69) is 0 Å². The Morgan fingerprint density at radius 2 is 0.886 bits per heavy atom. The molecule has 3 nitrogen and oxygen atoms in total. The van der Waals surface area contributed by atoms with Crippen molar-refractivity contribution in [3.05, 3.63) is 0 Å². The monoisotopic (exact) mass is 574 g/mol. The third-order valence-corrected chi connectivity index (χ3v) is 7.36. The molecular formula is C16H21F15O3Si. The zero-order chi connectivity index (χ0) is 28.4. The molecule has 0 aromatic rings. The van der Waals surface area contributed by atoms with Crippen molar-refractivity contribution in [2.24, 2.45) is 0 Å². The van der Waals surface area contributed by atoms with Crippen LogP contribution in [0.2, 0.25) is 6.04 Å². The topological polar surface area (TPSA) is 27.7 Å². The Morgan fingerprint density at radius 1 is 0.514 bits per heavy atom. The highest BCUT2D eigenvalue weighted by atomic mass is 28.4. The van der Waals surface area contributed by atoms with E-state index in [1.54, 1.807) is 0 Å². The molecule has 0 aliphatic rings. The van der Waals surface area contributed by atoms with Crippen LogP contribution in [-0.4, -0.2) is 70.3 Å². The smallest absolute Gasteiger partial charge is 0.374 e. The molecule has 0 aliphatic carbocycles. The van der Waals surface area contributed by atoms with Crippen LogP contribution < -0.4 is 0 Å². The molecule has 0 unspecified atom stereocenters. The molecule has 0 aromatic carbocycles. The Hall–Kier alpha value is -0.953. The maximum absolute atomic E-state index is 14.1. The normalized spacial score (nSPS) is 15.6.